The second-order valence-corrected chi connectivity index (χ2v) is 8.41. The van der Waals surface area contributed by atoms with Crippen LogP contribution < -0.4 is 10.1 Å². The van der Waals surface area contributed by atoms with Gasteiger partial charge in [0.1, 0.15) is 11.6 Å². The Kier molecular flexibility index (Phi) is 7.53. The van der Waals surface area contributed by atoms with E-state index in [0.29, 0.717) is 12.2 Å². The number of carbonyl (C=O) groups is 1. The third kappa shape index (κ3) is 6.03. The molecule has 0 bridgehead atoms. The van der Waals surface area contributed by atoms with Gasteiger partial charge in [0.15, 0.2) is 0 Å². The molecule has 0 aromatic heterocycles. The Morgan fingerprint density at radius 3 is 2.36 bits per heavy atom. The number of rotatable bonds is 9. The average molecular weight is 408 g/mol. The molecular formula is C20H25FN2O4S. The Morgan fingerprint density at radius 2 is 1.82 bits per heavy atom. The Labute approximate surface area is 165 Å². The third-order valence-corrected chi connectivity index (χ3v) is 5.55. The molecule has 2 aromatic carbocycles. The second kappa shape index (κ2) is 9.66. The van der Waals surface area contributed by atoms with Crippen molar-refractivity contribution in [2.45, 2.75) is 25.9 Å². The fourth-order valence-corrected chi connectivity index (χ4v) is 3.49. The van der Waals surface area contributed by atoms with Crippen LogP contribution in [-0.4, -0.2) is 38.5 Å². The summed E-state index contributed by atoms with van der Waals surface area (Å²) < 4.78 is 44.2. The van der Waals surface area contributed by atoms with Crippen LogP contribution in [0.3, 0.4) is 0 Å². The lowest BCUT2D eigenvalue weighted by molar-refractivity contribution is -0.122. The number of benzene rings is 2. The van der Waals surface area contributed by atoms with Crippen LogP contribution in [0.1, 0.15) is 30.5 Å². The van der Waals surface area contributed by atoms with Crippen LogP contribution in [0.25, 0.3) is 0 Å². The summed E-state index contributed by atoms with van der Waals surface area (Å²) in [5.74, 6) is -0.260. The molecule has 0 radical (unpaired) electrons. The van der Waals surface area contributed by atoms with Gasteiger partial charge in [-0.2, -0.15) is 4.31 Å². The van der Waals surface area contributed by atoms with Gasteiger partial charge in [0, 0.05) is 12.1 Å². The predicted molar refractivity (Wildman–Crippen MR) is 106 cm³/mol. The van der Waals surface area contributed by atoms with Gasteiger partial charge in [-0.1, -0.05) is 37.3 Å². The zero-order chi connectivity index (χ0) is 20.7. The van der Waals surface area contributed by atoms with Crippen molar-refractivity contribution >= 4 is 15.9 Å². The molecule has 152 valence electrons. The Bertz CT molecular complexity index is 901. The number of halogens is 1. The standard InChI is InChI=1S/C20H25FN2O4S/c1-4-19(15-9-11-17(27-2)12-10-15)22-20(24)14-23(28(3,25)26)13-16-7-5-6-8-18(16)21/h5-12,19H,4,13-14H2,1-3H3,(H,22,24)/t19-/m0/s1. The number of sulfonamides is 1. The first kappa shape index (κ1) is 21.8. The van der Waals surface area contributed by atoms with E-state index in [1.165, 1.54) is 18.2 Å². The van der Waals surface area contributed by atoms with Gasteiger partial charge in [0.2, 0.25) is 15.9 Å². The quantitative estimate of drug-likeness (QED) is 0.692. The number of amides is 1. The Balaban J connectivity index is 2.10. The van der Waals surface area contributed by atoms with Gasteiger partial charge in [-0.05, 0) is 30.2 Å². The molecule has 0 aliphatic heterocycles. The first-order valence-corrected chi connectivity index (χ1v) is 10.7. The van der Waals surface area contributed by atoms with E-state index >= 15 is 0 Å². The van der Waals surface area contributed by atoms with Crippen LogP contribution >= 0.6 is 0 Å². The molecule has 2 aromatic rings. The summed E-state index contributed by atoms with van der Waals surface area (Å²) in [5, 5.41) is 2.84. The van der Waals surface area contributed by atoms with Crippen molar-refractivity contribution in [3.63, 3.8) is 0 Å². The fraction of sp³-hybridized carbons (Fsp3) is 0.350. The number of hydrogen-bond donors (Lipinski definition) is 1. The van der Waals surface area contributed by atoms with E-state index in [1.54, 1.807) is 25.3 Å². The summed E-state index contributed by atoms with van der Waals surface area (Å²) in [4.78, 5) is 12.5. The van der Waals surface area contributed by atoms with Gasteiger partial charge in [-0.15, -0.1) is 0 Å². The van der Waals surface area contributed by atoms with Crippen LogP contribution in [0.2, 0.25) is 0 Å². The minimum atomic E-state index is -3.70. The highest BCUT2D eigenvalue weighted by Crippen LogP contribution is 2.20. The van der Waals surface area contributed by atoms with Crippen molar-refractivity contribution in [1.29, 1.82) is 0 Å². The van der Waals surface area contributed by atoms with Crippen molar-refractivity contribution in [2.24, 2.45) is 0 Å². The molecule has 2 rings (SSSR count). The minimum Gasteiger partial charge on any atom is -0.497 e. The van der Waals surface area contributed by atoms with Crippen LogP contribution in [-0.2, 0) is 21.4 Å². The summed E-state index contributed by atoms with van der Waals surface area (Å²) in [5.41, 5.74) is 1.10. The van der Waals surface area contributed by atoms with E-state index in [1.807, 2.05) is 19.1 Å². The van der Waals surface area contributed by atoms with E-state index in [4.69, 9.17) is 4.74 Å². The molecule has 6 nitrogen and oxygen atoms in total. The number of hydrogen-bond acceptors (Lipinski definition) is 4. The van der Waals surface area contributed by atoms with E-state index in [2.05, 4.69) is 5.32 Å². The lowest BCUT2D eigenvalue weighted by Crippen LogP contribution is -2.41. The van der Waals surface area contributed by atoms with Crippen molar-refractivity contribution in [2.75, 3.05) is 19.9 Å². The molecule has 0 aliphatic rings. The first-order chi connectivity index (χ1) is 13.2. The van der Waals surface area contributed by atoms with Gasteiger partial charge in [0.05, 0.1) is 26.0 Å². The van der Waals surface area contributed by atoms with E-state index in [-0.39, 0.29) is 24.7 Å². The van der Waals surface area contributed by atoms with E-state index < -0.39 is 21.7 Å². The molecule has 28 heavy (non-hydrogen) atoms. The van der Waals surface area contributed by atoms with Crippen molar-refractivity contribution in [3.8, 4) is 5.75 Å². The molecule has 0 saturated heterocycles. The van der Waals surface area contributed by atoms with E-state index in [9.17, 15) is 17.6 Å². The Hall–Kier alpha value is -2.45. The number of methoxy groups -OCH3 is 1. The molecule has 0 saturated carbocycles. The van der Waals surface area contributed by atoms with Gasteiger partial charge < -0.3 is 10.1 Å². The number of nitrogens with one attached hydrogen (secondary N) is 1. The topological polar surface area (TPSA) is 75.7 Å². The van der Waals surface area contributed by atoms with Crippen LogP contribution in [0.4, 0.5) is 4.39 Å². The lowest BCUT2D eigenvalue weighted by Gasteiger charge is -2.23. The van der Waals surface area contributed by atoms with Gasteiger partial charge in [-0.3, -0.25) is 4.79 Å². The summed E-state index contributed by atoms with van der Waals surface area (Å²) in [7, 11) is -2.13. The predicted octanol–water partition coefficient (Wildman–Crippen LogP) is 2.86. The summed E-state index contributed by atoms with van der Waals surface area (Å²) in [6.45, 7) is 1.32. The largest absolute Gasteiger partial charge is 0.497 e. The SMILES string of the molecule is CC[C@H](NC(=O)CN(Cc1ccccc1F)S(C)(=O)=O)c1ccc(OC)cc1. The van der Waals surface area contributed by atoms with Crippen molar-refractivity contribution in [1.82, 2.24) is 9.62 Å². The smallest absolute Gasteiger partial charge is 0.235 e. The maximum atomic E-state index is 13.9. The molecule has 0 heterocycles. The summed E-state index contributed by atoms with van der Waals surface area (Å²) >= 11 is 0. The summed E-state index contributed by atoms with van der Waals surface area (Å²) in [6, 6.07) is 12.9. The van der Waals surface area contributed by atoms with Gasteiger partial charge in [-0.25, -0.2) is 12.8 Å². The molecule has 1 amide bonds. The zero-order valence-electron chi connectivity index (χ0n) is 16.2. The highest BCUT2D eigenvalue weighted by Gasteiger charge is 2.23. The van der Waals surface area contributed by atoms with Crippen molar-refractivity contribution < 1.29 is 22.3 Å². The molecule has 0 aliphatic carbocycles. The van der Waals surface area contributed by atoms with Crippen LogP contribution in [0, 0.1) is 5.82 Å². The number of nitrogens with zero attached hydrogens (tertiary/aromatic N) is 1. The monoisotopic (exact) mass is 408 g/mol. The Morgan fingerprint density at radius 1 is 1.18 bits per heavy atom. The van der Waals surface area contributed by atoms with E-state index in [0.717, 1.165) is 16.1 Å². The summed E-state index contributed by atoms with van der Waals surface area (Å²) in [6.07, 6.45) is 1.63. The molecule has 8 heteroatoms. The normalized spacial score (nSPS) is 12.6. The highest BCUT2D eigenvalue weighted by molar-refractivity contribution is 7.88. The molecule has 1 N–H and O–H groups in total. The van der Waals surface area contributed by atoms with Gasteiger partial charge >= 0.3 is 0 Å². The van der Waals surface area contributed by atoms with Crippen molar-refractivity contribution in [3.05, 3.63) is 65.5 Å². The zero-order valence-corrected chi connectivity index (χ0v) is 17.0. The lowest BCUT2D eigenvalue weighted by atomic mass is 10.0. The molecule has 0 unspecified atom stereocenters. The maximum Gasteiger partial charge on any atom is 0.235 e. The number of ether oxygens (including phenoxy) is 1. The second-order valence-electron chi connectivity index (χ2n) is 6.42. The number of carbonyl (C=O) groups excluding carboxylic acids is 1. The molecular weight excluding hydrogens is 383 g/mol. The maximum absolute atomic E-state index is 13.9. The minimum absolute atomic E-state index is 0.210. The van der Waals surface area contributed by atoms with Gasteiger partial charge in [0.25, 0.3) is 0 Å². The molecule has 0 spiro atoms. The fourth-order valence-electron chi connectivity index (χ4n) is 2.76. The third-order valence-electron chi connectivity index (χ3n) is 4.36. The highest BCUT2D eigenvalue weighted by atomic mass is 32.2. The van der Waals surface area contributed by atoms with Crippen LogP contribution in [0.15, 0.2) is 48.5 Å². The molecule has 1 atom stereocenters. The molecule has 0 fully saturated rings. The van der Waals surface area contributed by atoms with Crippen LogP contribution in [0.5, 0.6) is 5.75 Å². The average Bonchev–Trinajstić information content (AvgIpc) is 2.66. The first-order valence-electron chi connectivity index (χ1n) is 8.86.